The average Bonchev–Trinajstić information content (AvgIpc) is 2.35. The van der Waals surface area contributed by atoms with Gasteiger partial charge in [0.15, 0.2) is 0 Å². The maximum absolute atomic E-state index is 12.4. The summed E-state index contributed by atoms with van der Waals surface area (Å²) in [7, 11) is 0. The van der Waals surface area contributed by atoms with Gasteiger partial charge >= 0.3 is 6.09 Å². The molecule has 2 heterocycles. The van der Waals surface area contributed by atoms with Gasteiger partial charge in [-0.25, -0.2) is 4.79 Å². The monoisotopic (exact) mass is 305 g/mol. The predicted molar refractivity (Wildman–Crippen MR) is 87.0 cm³/mol. The first-order valence-electron chi connectivity index (χ1n) is 7.89. The van der Waals surface area contributed by atoms with Crippen molar-refractivity contribution in [2.24, 2.45) is 0 Å². The fraction of sp³-hybridized carbons (Fsp3) is 0.647. The number of hydrogen-bond acceptors (Lipinski definition) is 4. The van der Waals surface area contributed by atoms with Crippen molar-refractivity contribution in [1.29, 1.82) is 0 Å². The Kier molecular flexibility index (Phi) is 5.06. The molecule has 1 aliphatic heterocycles. The van der Waals surface area contributed by atoms with Gasteiger partial charge in [0.25, 0.3) is 0 Å². The summed E-state index contributed by atoms with van der Waals surface area (Å²) in [5.74, 6) is 0. The summed E-state index contributed by atoms with van der Waals surface area (Å²) in [6.45, 7) is 12.0. The first-order chi connectivity index (χ1) is 10.2. The predicted octanol–water partition coefficient (Wildman–Crippen LogP) is 2.45. The number of piperazine rings is 1. The topological polar surface area (TPSA) is 54.5 Å². The molecule has 1 amide bonds. The average molecular weight is 305 g/mol. The van der Waals surface area contributed by atoms with Gasteiger partial charge in [0.05, 0.1) is 6.04 Å². The quantitative estimate of drug-likeness (QED) is 0.912. The zero-order chi connectivity index (χ0) is 16.3. The summed E-state index contributed by atoms with van der Waals surface area (Å²) in [4.78, 5) is 18.7. The number of nitrogens with one attached hydrogen (secondary N) is 1. The van der Waals surface area contributed by atoms with E-state index in [4.69, 9.17) is 4.74 Å². The summed E-state index contributed by atoms with van der Waals surface area (Å²) in [5.41, 5.74) is 2.79. The Labute approximate surface area is 133 Å². The van der Waals surface area contributed by atoms with E-state index in [1.165, 1.54) is 5.56 Å². The number of aromatic nitrogens is 1. The molecule has 5 nitrogen and oxygen atoms in total. The van der Waals surface area contributed by atoms with E-state index in [2.05, 4.69) is 22.4 Å². The van der Waals surface area contributed by atoms with Crippen LogP contribution in [-0.4, -0.2) is 47.3 Å². The van der Waals surface area contributed by atoms with Gasteiger partial charge in [-0.15, -0.1) is 0 Å². The standard InChI is InChI=1S/C17H27N3O2/c1-12-8-14(9-13(2)19-12)10-15-11-18-6-7-20(15)16(21)22-17(3,4)5/h8-9,15,18H,6-7,10-11H2,1-5H3. The van der Waals surface area contributed by atoms with Crippen LogP contribution in [0, 0.1) is 13.8 Å². The van der Waals surface area contributed by atoms with Crippen LogP contribution in [0.15, 0.2) is 12.1 Å². The second-order valence-electron chi connectivity index (χ2n) is 6.99. The van der Waals surface area contributed by atoms with Crippen molar-refractivity contribution >= 4 is 6.09 Å². The summed E-state index contributed by atoms with van der Waals surface area (Å²) >= 11 is 0. The molecule has 1 atom stereocenters. The number of ether oxygens (including phenoxy) is 1. The van der Waals surface area contributed by atoms with E-state index < -0.39 is 5.60 Å². The van der Waals surface area contributed by atoms with E-state index in [9.17, 15) is 4.79 Å². The molecule has 5 heteroatoms. The SMILES string of the molecule is Cc1cc(CC2CNCCN2C(=O)OC(C)(C)C)cc(C)n1. The number of carbonyl (C=O) groups is 1. The van der Waals surface area contributed by atoms with Gasteiger partial charge in [0, 0.05) is 31.0 Å². The van der Waals surface area contributed by atoms with Gasteiger partial charge < -0.3 is 15.0 Å². The maximum atomic E-state index is 12.4. The maximum Gasteiger partial charge on any atom is 0.410 e. The van der Waals surface area contributed by atoms with Crippen LogP contribution in [0.5, 0.6) is 0 Å². The Morgan fingerprint density at radius 1 is 1.36 bits per heavy atom. The van der Waals surface area contributed by atoms with Crippen LogP contribution in [0.3, 0.4) is 0 Å². The minimum atomic E-state index is -0.462. The van der Waals surface area contributed by atoms with Gasteiger partial charge in [-0.1, -0.05) is 0 Å². The number of pyridine rings is 1. The van der Waals surface area contributed by atoms with E-state index >= 15 is 0 Å². The van der Waals surface area contributed by atoms with E-state index in [0.29, 0.717) is 6.54 Å². The number of nitrogens with zero attached hydrogens (tertiary/aromatic N) is 2. The van der Waals surface area contributed by atoms with Crippen LogP contribution < -0.4 is 5.32 Å². The van der Waals surface area contributed by atoms with Gasteiger partial charge in [-0.05, 0) is 58.7 Å². The van der Waals surface area contributed by atoms with Crippen LogP contribution in [0.25, 0.3) is 0 Å². The molecule has 0 aliphatic carbocycles. The lowest BCUT2D eigenvalue weighted by atomic mass is 10.0. The van der Waals surface area contributed by atoms with Crippen molar-refractivity contribution in [3.63, 3.8) is 0 Å². The third kappa shape index (κ3) is 4.70. The highest BCUT2D eigenvalue weighted by atomic mass is 16.6. The highest BCUT2D eigenvalue weighted by Gasteiger charge is 2.30. The molecule has 1 fully saturated rings. The van der Waals surface area contributed by atoms with Crippen molar-refractivity contribution in [3.05, 3.63) is 29.1 Å². The molecule has 122 valence electrons. The van der Waals surface area contributed by atoms with E-state index in [1.807, 2.05) is 39.5 Å². The molecule has 1 aromatic rings. The Hall–Kier alpha value is -1.62. The van der Waals surface area contributed by atoms with Crippen molar-refractivity contribution in [2.45, 2.75) is 52.7 Å². The van der Waals surface area contributed by atoms with Crippen molar-refractivity contribution in [1.82, 2.24) is 15.2 Å². The third-order valence-electron chi connectivity index (χ3n) is 3.59. The number of amides is 1. The second-order valence-corrected chi connectivity index (χ2v) is 6.99. The molecule has 22 heavy (non-hydrogen) atoms. The lowest BCUT2D eigenvalue weighted by Gasteiger charge is -2.37. The normalized spacial score (nSPS) is 19.1. The lowest BCUT2D eigenvalue weighted by Crippen LogP contribution is -2.55. The Morgan fingerprint density at radius 2 is 2.00 bits per heavy atom. The summed E-state index contributed by atoms with van der Waals surface area (Å²) in [6.07, 6.45) is 0.595. The lowest BCUT2D eigenvalue weighted by molar-refractivity contribution is 0.0122. The van der Waals surface area contributed by atoms with E-state index in [-0.39, 0.29) is 12.1 Å². The second kappa shape index (κ2) is 6.65. The molecule has 0 radical (unpaired) electrons. The zero-order valence-electron chi connectivity index (χ0n) is 14.3. The highest BCUT2D eigenvalue weighted by molar-refractivity contribution is 5.68. The third-order valence-corrected chi connectivity index (χ3v) is 3.59. The van der Waals surface area contributed by atoms with Crippen molar-refractivity contribution in [2.75, 3.05) is 19.6 Å². The van der Waals surface area contributed by atoms with Gasteiger partial charge in [-0.2, -0.15) is 0 Å². The van der Waals surface area contributed by atoms with Gasteiger partial charge in [0.2, 0.25) is 0 Å². The zero-order valence-corrected chi connectivity index (χ0v) is 14.3. The first-order valence-corrected chi connectivity index (χ1v) is 7.89. The van der Waals surface area contributed by atoms with Crippen LogP contribution in [0.1, 0.15) is 37.7 Å². The minimum absolute atomic E-state index is 0.116. The fourth-order valence-corrected chi connectivity index (χ4v) is 2.82. The number of hydrogen-bond donors (Lipinski definition) is 1. The minimum Gasteiger partial charge on any atom is -0.444 e. The Balaban J connectivity index is 2.11. The molecule has 0 aromatic carbocycles. The molecule has 0 spiro atoms. The number of rotatable bonds is 2. The molecular formula is C17H27N3O2. The van der Waals surface area contributed by atoms with Gasteiger partial charge in [0.1, 0.15) is 5.60 Å². The van der Waals surface area contributed by atoms with Gasteiger partial charge in [-0.3, -0.25) is 4.98 Å². The molecule has 1 aromatic heterocycles. The van der Waals surface area contributed by atoms with Crippen LogP contribution >= 0.6 is 0 Å². The molecule has 1 unspecified atom stereocenters. The van der Waals surface area contributed by atoms with Crippen molar-refractivity contribution in [3.8, 4) is 0 Å². The highest BCUT2D eigenvalue weighted by Crippen LogP contribution is 2.17. The molecule has 0 bridgehead atoms. The number of carbonyl (C=O) groups excluding carboxylic acids is 1. The Morgan fingerprint density at radius 3 is 2.59 bits per heavy atom. The van der Waals surface area contributed by atoms with E-state index in [0.717, 1.165) is 30.9 Å². The molecule has 1 saturated heterocycles. The molecule has 0 saturated carbocycles. The smallest absolute Gasteiger partial charge is 0.410 e. The largest absolute Gasteiger partial charge is 0.444 e. The van der Waals surface area contributed by atoms with Crippen LogP contribution in [0.2, 0.25) is 0 Å². The van der Waals surface area contributed by atoms with Crippen LogP contribution in [-0.2, 0) is 11.2 Å². The van der Waals surface area contributed by atoms with E-state index in [1.54, 1.807) is 0 Å². The summed E-state index contributed by atoms with van der Waals surface area (Å²) < 4.78 is 5.54. The Bertz CT molecular complexity index is 517. The molecule has 2 rings (SSSR count). The fourth-order valence-electron chi connectivity index (χ4n) is 2.82. The first kappa shape index (κ1) is 16.7. The summed E-state index contributed by atoms with van der Waals surface area (Å²) in [5, 5.41) is 3.37. The van der Waals surface area contributed by atoms with Crippen molar-refractivity contribution < 1.29 is 9.53 Å². The summed E-state index contributed by atoms with van der Waals surface area (Å²) in [6, 6.07) is 4.30. The molecule has 1 N–H and O–H groups in total. The van der Waals surface area contributed by atoms with Crippen LogP contribution in [0.4, 0.5) is 4.79 Å². The number of aryl methyl sites for hydroxylation is 2. The molecule has 1 aliphatic rings. The molecular weight excluding hydrogens is 278 g/mol.